The van der Waals surface area contributed by atoms with Gasteiger partial charge in [-0.3, -0.25) is 9.59 Å². The monoisotopic (exact) mass is 341 g/mol. The van der Waals surface area contributed by atoms with Crippen LogP contribution >= 0.6 is 0 Å². The highest BCUT2D eigenvalue weighted by Crippen LogP contribution is 2.26. The molecule has 1 aromatic heterocycles. The van der Waals surface area contributed by atoms with Gasteiger partial charge in [-0.15, -0.1) is 0 Å². The molecule has 0 saturated carbocycles. The van der Waals surface area contributed by atoms with Crippen LogP contribution in [0, 0.1) is 19.8 Å². The third-order valence-electron chi connectivity index (χ3n) is 5.20. The molecule has 0 aliphatic carbocycles. The summed E-state index contributed by atoms with van der Waals surface area (Å²) in [6.07, 6.45) is 2.65. The third-order valence-corrected chi connectivity index (χ3v) is 5.20. The van der Waals surface area contributed by atoms with Crippen molar-refractivity contribution in [2.75, 3.05) is 19.6 Å². The minimum Gasteiger partial charge on any atom is -0.358 e. The van der Waals surface area contributed by atoms with Crippen LogP contribution in [0.4, 0.5) is 0 Å². The molecule has 1 aromatic carbocycles. The maximum Gasteiger partial charge on any atom is 0.256 e. The summed E-state index contributed by atoms with van der Waals surface area (Å²) in [6.45, 7) is 8.05. The topological polar surface area (TPSA) is 65.2 Å². The molecule has 2 heterocycles. The Labute approximate surface area is 148 Å². The molecule has 1 aliphatic rings. The predicted octanol–water partition coefficient (Wildman–Crippen LogP) is 3.16. The molecule has 5 heteroatoms. The maximum absolute atomic E-state index is 13.1. The van der Waals surface area contributed by atoms with Crippen molar-refractivity contribution >= 4 is 22.7 Å². The lowest BCUT2D eigenvalue weighted by Crippen LogP contribution is -2.45. The lowest BCUT2D eigenvalue weighted by atomic mass is 9.96. The van der Waals surface area contributed by atoms with E-state index in [9.17, 15) is 9.59 Å². The molecule has 1 unspecified atom stereocenters. The zero-order valence-corrected chi connectivity index (χ0v) is 15.3. The number of hydrogen-bond donors (Lipinski definition) is 2. The summed E-state index contributed by atoms with van der Waals surface area (Å²) in [5.41, 5.74) is 3.87. The first-order valence-electron chi connectivity index (χ1n) is 9.17. The number of para-hydroxylation sites is 1. The fraction of sp³-hybridized carbons (Fsp3) is 0.500. The van der Waals surface area contributed by atoms with Crippen LogP contribution in [-0.4, -0.2) is 41.3 Å². The average molecular weight is 341 g/mol. The molecule has 1 aliphatic heterocycles. The quantitative estimate of drug-likeness (QED) is 0.897. The Hall–Kier alpha value is -2.30. The molecule has 0 radical (unpaired) electrons. The highest BCUT2D eigenvalue weighted by molar-refractivity contribution is 6.06. The minimum absolute atomic E-state index is 0.0137. The lowest BCUT2D eigenvalue weighted by molar-refractivity contribution is -0.126. The molecule has 1 fully saturated rings. The van der Waals surface area contributed by atoms with Crippen LogP contribution in [0.15, 0.2) is 18.2 Å². The average Bonchev–Trinajstić information content (AvgIpc) is 2.93. The van der Waals surface area contributed by atoms with Gasteiger partial charge in [0.25, 0.3) is 5.91 Å². The zero-order valence-electron chi connectivity index (χ0n) is 15.3. The smallest absolute Gasteiger partial charge is 0.256 e. The molecule has 1 saturated heterocycles. The number of aromatic nitrogens is 1. The second kappa shape index (κ2) is 7.30. The number of benzene rings is 1. The van der Waals surface area contributed by atoms with E-state index < -0.39 is 0 Å². The van der Waals surface area contributed by atoms with Crippen molar-refractivity contribution in [3.05, 3.63) is 35.0 Å². The van der Waals surface area contributed by atoms with E-state index in [0.29, 0.717) is 25.2 Å². The number of aromatic amines is 1. The maximum atomic E-state index is 13.1. The second-order valence-electron chi connectivity index (χ2n) is 6.98. The fourth-order valence-electron chi connectivity index (χ4n) is 3.60. The number of carbonyl (C=O) groups excluding carboxylic acids is 2. The predicted molar refractivity (Wildman–Crippen MR) is 99.7 cm³/mol. The van der Waals surface area contributed by atoms with Gasteiger partial charge in [-0.2, -0.15) is 0 Å². The number of likely N-dealkylation sites (tertiary alicyclic amines) is 1. The number of amides is 2. The molecule has 3 rings (SSSR count). The summed E-state index contributed by atoms with van der Waals surface area (Å²) in [7, 11) is 0. The summed E-state index contributed by atoms with van der Waals surface area (Å²) < 4.78 is 0. The van der Waals surface area contributed by atoms with Gasteiger partial charge in [0.1, 0.15) is 0 Å². The van der Waals surface area contributed by atoms with Gasteiger partial charge in [0, 0.05) is 30.7 Å². The van der Waals surface area contributed by atoms with Crippen LogP contribution in [0.2, 0.25) is 0 Å². The number of piperidine rings is 1. The molecular formula is C20H27N3O2. The molecule has 2 aromatic rings. The van der Waals surface area contributed by atoms with Gasteiger partial charge in [0.15, 0.2) is 0 Å². The Bertz CT molecular complexity index is 794. The van der Waals surface area contributed by atoms with Gasteiger partial charge in [0.05, 0.1) is 17.0 Å². The minimum atomic E-state index is -0.101. The third kappa shape index (κ3) is 3.41. The van der Waals surface area contributed by atoms with Gasteiger partial charge in [-0.1, -0.05) is 19.1 Å². The molecule has 0 bridgehead atoms. The molecule has 0 spiro atoms. The summed E-state index contributed by atoms with van der Waals surface area (Å²) >= 11 is 0. The highest BCUT2D eigenvalue weighted by Gasteiger charge is 2.29. The first kappa shape index (κ1) is 17.5. The van der Waals surface area contributed by atoms with Crippen molar-refractivity contribution in [2.45, 2.75) is 40.0 Å². The Morgan fingerprint density at radius 1 is 1.32 bits per heavy atom. The van der Waals surface area contributed by atoms with Gasteiger partial charge >= 0.3 is 0 Å². The Kier molecular flexibility index (Phi) is 5.11. The summed E-state index contributed by atoms with van der Waals surface area (Å²) in [5, 5.41) is 4.05. The Morgan fingerprint density at radius 3 is 2.88 bits per heavy atom. The molecule has 134 valence electrons. The standard InChI is InChI=1S/C20H27N3O2/c1-4-10-21-19(24)15-7-6-11-23(12-15)20(25)17-9-5-8-16-13(2)14(3)22-18(16)17/h5,8-9,15,22H,4,6-7,10-12H2,1-3H3,(H,21,24). The molecular weight excluding hydrogens is 314 g/mol. The van der Waals surface area contributed by atoms with Crippen molar-refractivity contribution in [3.8, 4) is 0 Å². The SMILES string of the molecule is CCCNC(=O)C1CCCN(C(=O)c2cccc3c(C)c(C)[nH]c23)C1. The number of fused-ring (bicyclic) bond motifs is 1. The first-order chi connectivity index (χ1) is 12.0. The second-order valence-corrected chi connectivity index (χ2v) is 6.98. The molecule has 2 amide bonds. The summed E-state index contributed by atoms with van der Waals surface area (Å²) in [6, 6.07) is 5.86. The van der Waals surface area contributed by atoms with Crippen molar-refractivity contribution in [3.63, 3.8) is 0 Å². The van der Waals surface area contributed by atoms with E-state index in [1.54, 1.807) is 0 Å². The van der Waals surface area contributed by atoms with Crippen LogP contribution in [0.3, 0.4) is 0 Å². The van der Waals surface area contributed by atoms with Crippen molar-refractivity contribution < 1.29 is 9.59 Å². The highest BCUT2D eigenvalue weighted by atomic mass is 16.2. The fourth-order valence-corrected chi connectivity index (χ4v) is 3.60. The van der Waals surface area contributed by atoms with Crippen LogP contribution < -0.4 is 5.32 Å². The summed E-state index contributed by atoms with van der Waals surface area (Å²) in [4.78, 5) is 30.5. The van der Waals surface area contributed by atoms with E-state index in [0.717, 1.165) is 35.9 Å². The van der Waals surface area contributed by atoms with E-state index in [4.69, 9.17) is 0 Å². The van der Waals surface area contributed by atoms with Crippen LogP contribution in [0.25, 0.3) is 10.9 Å². The van der Waals surface area contributed by atoms with E-state index in [2.05, 4.69) is 17.2 Å². The van der Waals surface area contributed by atoms with Gasteiger partial charge in [-0.25, -0.2) is 0 Å². The number of carbonyl (C=O) groups is 2. The number of aryl methyl sites for hydroxylation is 2. The molecule has 5 nitrogen and oxygen atoms in total. The number of nitrogens with one attached hydrogen (secondary N) is 2. The van der Waals surface area contributed by atoms with E-state index in [1.165, 1.54) is 5.56 Å². The van der Waals surface area contributed by atoms with E-state index in [-0.39, 0.29) is 17.7 Å². The Morgan fingerprint density at radius 2 is 2.12 bits per heavy atom. The number of nitrogens with zero attached hydrogens (tertiary/aromatic N) is 1. The van der Waals surface area contributed by atoms with Crippen LogP contribution in [-0.2, 0) is 4.79 Å². The van der Waals surface area contributed by atoms with Crippen molar-refractivity contribution in [2.24, 2.45) is 5.92 Å². The summed E-state index contributed by atoms with van der Waals surface area (Å²) in [5.74, 6) is -0.0143. The van der Waals surface area contributed by atoms with Crippen LogP contribution in [0.5, 0.6) is 0 Å². The molecule has 1 atom stereocenters. The normalized spacial score (nSPS) is 17.7. The van der Waals surface area contributed by atoms with Crippen molar-refractivity contribution in [1.82, 2.24) is 15.2 Å². The van der Waals surface area contributed by atoms with E-state index >= 15 is 0 Å². The largest absolute Gasteiger partial charge is 0.358 e. The number of H-pyrrole nitrogens is 1. The van der Waals surface area contributed by atoms with Crippen molar-refractivity contribution in [1.29, 1.82) is 0 Å². The van der Waals surface area contributed by atoms with Crippen LogP contribution in [0.1, 0.15) is 47.8 Å². The van der Waals surface area contributed by atoms with Gasteiger partial charge < -0.3 is 15.2 Å². The lowest BCUT2D eigenvalue weighted by Gasteiger charge is -2.32. The van der Waals surface area contributed by atoms with Gasteiger partial charge in [-0.05, 0) is 44.7 Å². The number of rotatable bonds is 4. The molecule has 2 N–H and O–H groups in total. The first-order valence-corrected chi connectivity index (χ1v) is 9.17. The molecule has 25 heavy (non-hydrogen) atoms. The Balaban J connectivity index is 1.81. The zero-order chi connectivity index (χ0) is 18.0. The van der Waals surface area contributed by atoms with E-state index in [1.807, 2.05) is 36.9 Å². The number of hydrogen-bond acceptors (Lipinski definition) is 2. The van der Waals surface area contributed by atoms with Gasteiger partial charge in [0.2, 0.25) is 5.91 Å².